The molecule has 0 fully saturated rings. The predicted molar refractivity (Wildman–Crippen MR) is 86.4 cm³/mol. The molecule has 0 radical (unpaired) electrons. The second-order valence-electron chi connectivity index (χ2n) is 5.13. The van der Waals surface area contributed by atoms with Gasteiger partial charge in [0.2, 0.25) is 0 Å². The topological polar surface area (TPSA) is 29.5 Å². The number of ether oxygens (including phenoxy) is 1. The summed E-state index contributed by atoms with van der Waals surface area (Å²) < 4.78 is 4.80. The number of nitrogens with zero attached hydrogens (tertiary/aromatic N) is 1. The first-order valence-electron chi connectivity index (χ1n) is 7.33. The number of hydrogen-bond acceptors (Lipinski definition) is 3. The molecule has 0 spiro atoms. The summed E-state index contributed by atoms with van der Waals surface area (Å²) in [5.41, 5.74) is 2.59. The first-order valence-corrected chi connectivity index (χ1v) is 7.33. The number of carbonyl (C=O) groups is 1. The van der Waals surface area contributed by atoms with Crippen LogP contribution in [-0.2, 0) is 39.6 Å². The molecule has 0 unspecified atom stereocenters. The van der Waals surface area contributed by atoms with Crippen LogP contribution in [-0.4, -0.2) is 31.6 Å². The number of esters is 1. The van der Waals surface area contributed by atoms with Gasteiger partial charge in [0, 0.05) is 23.5 Å². The van der Waals surface area contributed by atoms with E-state index < -0.39 is 0 Å². The molecule has 2 rings (SSSR count). The Morgan fingerprint density at radius 2 is 1.77 bits per heavy atom. The summed E-state index contributed by atoms with van der Waals surface area (Å²) in [4.78, 5) is 13.1. The molecule has 0 N–H and O–H groups in total. The molecule has 2 aromatic rings. The van der Waals surface area contributed by atoms with Crippen molar-refractivity contribution in [2.75, 3.05) is 20.7 Å². The average molecular weight is 343 g/mol. The zero-order valence-corrected chi connectivity index (χ0v) is 14.7. The third-order valence-electron chi connectivity index (χ3n) is 2.89. The van der Waals surface area contributed by atoms with Gasteiger partial charge >= 0.3 is 5.97 Å². The van der Waals surface area contributed by atoms with E-state index in [0.29, 0.717) is 13.0 Å². The molecular formula is C18H25FeNO2-6. The van der Waals surface area contributed by atoms with Crippen molar-refractivity contribution in [2.45, 2.75) is 26.3 Å². The van der Waals surface area contributed by atoms with Gasteiger partial charge in [0.15, 0.2) is 0 Å². The fraction of sp³-hybridized carbons (Fsp3) is 0.389. The molecule has 0 aliphatic rings. The second kappa shape index (κ2) is 12.2. The normalized spacial score (nSPS) is 9.64. The molecule has 0 bridgehead atoms. The van der Waals surface area contributed by atoms with Crippen molar-refractivity contribution in [2.24, 2.45) is 0 Å². The van der Waals surface area contributed by atoms with Gasteiger partial charge in [-0.3, -0.25) is 4.79 Å². The van der Waals surface area contributed by atoms with E-state index in [1.165, 1.54) is 11.1 Å². The summed E-state index contributed by atoms with van der Waals surface area (Å²) in [5, 5.41) is 0. The van der Waals surface area contributed by atoms with Crippen LogP contribution < -0.4 is 0 Å². The van der Waals surface area contributed by atoms with Crippen LogP contribution in [0.1, 0.15) is 24.5 Å². The SMILES string of the molecule is CCOC(=O)CC[c-]1cccc1.CN(C)C[c-]1[cH-][cH-][cH-][cH-]1.[Fe]. The van der Waals surface area contributed by atoms with Crippen LogP contribution >= 0.6 is 0 Å². The van der Waals surface area contributed by atoms with E-state index in [1.807, 2.05) is 31.2 Å². The van der Waals surface area contributed by atoms with Gasteiger partial charge in [-0.2, -0.15) is 24.2 Å². The second-order valence-corrected chi connectivity index (χ2v) is 5.13. The summed E-state index contributed by atoms with van der Waals surface area (Å²) >= 11 is 0. The van der Waals surface area contributed by atoms with Gasteiger partial charge in [0.1, 0.15) is 0 Å². The molecule has 0 saturated heterocycles. The number of hydrogen-bond donors (Lipinski definition) is 0. The van der Waals surface area contributed by atoms with E-state index >= 15 is 0 Å². The van der Waals surface area contributed by atoms with E-state index in [4.69, 9.17) is 4.74 Å². The van der Waals surface area contributed by atoms with Crippen LogP contribution in [0.2, 0.25) is 0 Å². The van der Waals surface area contributed by atoms with Gasteiger partial charge in [0.25, 0.3) is 0 Å². The molecule has 3 nitrogen and oxygen atoms in total. The molecule has 128 valence electrons. The zero-order valence-electron chi connectivity index (χ0n) is 13.6. The Bertz CT molecular complexity index is 475. The predicted octanol–water partition coefficient (Wildman–Crippen LogP) is 3.37. The van der Waals surface area contributed by atoms with E-state index in [-0.39, 0.29) is 23.0 Å². The van der Waals surface area contributed by atoms with Gasteiger partial charge in [-0.1, -0.05) is 6.42 Å². The Kier molecular flexibility index (Phi) is 11.5. The quantitative estimate of drug-likeness (QED) is 0.458. The fourth-order valence-electron chi connectivity index (χ4n) is 1.94. The molecule has 0 aromatic heterocycles. The molecule has 0 atom stereocenters. The Hall–Kier alpha value is -1.35. The largest absolute Gasteiger partial charge is 0.748 e. The first kappa shape index (κ1) is 20.6. The van der Waals surface area contributed by atoms with Gasteiger partial charge < -0.3 is 39.5 Å². The zero-order chi connectivity index (χ0) is 15.5. The molecule has 0 heterocycles. The van der Waals surface area contributed by atoms with Crippen molar-refractivity contribution in [3.8, 4) is 0 Å². The summed E-state index contributed by atoms with van der Waals surface area (Å²) in [5.74, 6) is -0.112. The minimum atomic E-state index is -0.112. The number of carbonyl (C=O) groups excluding carboxylic acids is 1. The van der Waals surface area contributed by atoms with Crippen LogP contribution in [0, 0.1) is 0 Å². The summed E-state index contributed by atoms with van der Waals surface area (Å²) in [6.07, 6.45) is 1.27. The van der Waals surface area contributed by atoms with Crippen molar-refractivity contribution >= 4 is 5.97 Å². The molecule has 2 aromatic carbocycles. The first-order chi connectivity index (χ1) is 10.1. The molecule has 22 heavy (non-hydrogen) atoms. The third kappa shape index (κ3) is 9.56. The Morgan fingerprint density at radius 3 is 2.27 bits per heavy atom. The van der Waals surface area contributed by atoms with Crippen LogP contribution in [0.4, 0.5) is 0 Å². The minimum Gasteiger partial charge on any atom is -0.748 e. The molecule has 0 aliphatic heterocycles. The third-order valence-corrected chi connectivity index (χ3v) is 2.89. The van der Waals surface area contributed by atoms with Crippen LogP contribution in [0.3, 0.4) is 0 Å². The van der Waals surface area contributed by atoms with Crippen molar-refractivity contribution in [1.82, 2.24) is 4.90 Å². The van der Waals surface area contributed by atoms with Crippen LogP contribution in [0.5, 0.6) is 0 Å². The van der Waals surface area contributed by atoms with Gasteiger partial charge in [-0.15, -0.1) is 0 Å². The summed E-state index contributed by atoms with van der Waals surface area (Å²) in [6, 6.07) is 16.4. The maximum atomic E-state index is 10.9. The molecule has 4 heteroatoms. The van der Waals surface area contributed by atoms with Crippen LogP contribution in [0.15, 0.2) is 48.5 Å². The van der Waals surface area contributed by atoms with E-state index in [1.54, 1.807) is 0 Å². The standard InChI is InChI=1S/C10H13O2.C8H12N.Fe/c1-2-12-10(11)8-7-9-5-3-4-6-9;1-9(2)7-8-5-3-4-6-8;/h3-6H,2,7-8H2,1H3;3-6H,7H2,1-2H3;/q-1;-5;. The minimum absolute atomic E-state index is 0. The summed E-state index contributed by atoms with van der Waals surface area (Å²) in [7, 11) is 4.15. The maximum absolute atomic E-state index is 10.9. The number of rotatable bonds is 6. The Morgan fingerprint density at radius 1 is 1.18 bits per heavy atom. The van der Waals surface area contributed by atoms with Gasteiger partial charge in [-0.05, 0) is 21.0 Å². The Balaban J connectivity index is 0.000000397. The van der Waals surface area contributed by atoms with Crippen molar-refractivity contribution in [3.05, 3.63) is 59.7 Å². The Labute approximate surface area is 144 Å². The van der Waals surface area contributed by atoms with E-state index in [0.717, 1.165) is 13.0 Å². The van der Waals surface area contributed by atoms with Crippen molar-refractivity contribution in [3.63, 3.8) is 0 Å². The number of aryl methyl sites for hydroxylation is 1. The average Bonchev–Trinajstić information content (AvgIpc) is 3.09. The molecule has 0 amide bonds. The van der Waals surface area contributed by atoms with Crippen molar-refractivity contribution in [1.29, 1.82) is 0 Å². The van der Waals surface area contributed by atoms with Gasteiger partial charge in [0.05, 0.1) is 6.61 Å². The van der Waals surface area contributed by atoms with Crippen molar-refractivity contribution < 1.29 is 26.6 Å². The summed E-state index contributed by atoms with van der Waals surface area (Å²) in [6.45, 7) is 3.34. The maximum Gasteiger partial charge on any atom is 0.305 e. The van der Waals surface area contributed by atoms with Gasteiger partial charge in [-0.25, -0.2) is 12.1 Å². The fourth-order valence-corrected chi connectivity index (χ4v) is 1.94. The van der Waals surface area contributed by atoms with E-state index in [2.05, 4.69) is 43.3 Å². The molecular weight excluding hydrogens is 318 g/mol. The molecule has 0 saturated carbocycles. The molecule has 0 aliphatic carbocycles. The van der Waals surface area contributed by atoms with Crippen LogP contribution in [0.25, 0.3) is 0 Å². The smallest absolute Gasteiger partial charge is 0.305 e. The monoisotopic (exact) mass is 343 g/mol. The van der Waals surface area contributed by atoms with E-state index in [9.17, 15) is 4.79 Å².